The van der Waals surface area contributed by atoms with Gasteiger partial charge in [-0.25, -0.2) is 4.99 Å². The number of nitrogens with one attached hydrogen (secondary N) is 1. The third-order valence-corrected chi connectivity index (χ3v) is 7.72. The highest BCUT2D eigenvalue weighted by molar-refractivity contribution is 9.10. The molecule has 1 saturated heterocycles. The Morgan fingerprint density at radius 3 is 2.56 bits per heavy atom. The Bertz CT molecular complexity index is 1600. The number of hydrogen-bond acceptors (Lipinski definition) is 7. The molecule has 1 aliphatic heterocycles. The highest BCUT2D eigenvalue weighted by Gasteiger charge is 2.34. The van der Waals surface area contributed by atoms with Crippen LogP contribution in [0.2, 0.25) is 0 Å². The summed E-state index contributed by atoms with van der Waals surface area (Å²) in [4.78, 5) is 32.7. The second-order valence-corrected chi connectivity index (χ2v) is 10.9. The summed E-state index contributed by atoms with van der Waals surface area (Å²) in [7, 11) is 1.52. The predicted octanol–water partition coefficient (Wildman–Crippen LogP) is 7.18. The summed E-state index contributed by atoms with van der Waals surface area (Å²) in [6.45, 7) is 2.03. The zero-order chi connectivity index (χ0) is 28.8. The lowest BCUT2D eigenvalue weighted by Gasteiger charge is -2.14. The first-order valence-corrected chi connectivity index (χ1v) is 14.2. The number of rotatable bonds is 9. The molecule has 0 spiro atoms. The van der Waals surface area contributed by atoms with Crippen LogP contribution in [-0.4, -0.2) is 35.6 Å². The first-order valence-electron chi connectivity index (χ1n) is 12.6. The van der Waals surface area contributed by atoms with Gasteiger partial charge in [0, 0.05) is 10.2 Å². The Balaban J connectivity index is 1.36. The molecule has 2 heterocycles. The van der Waals surface area contributed by atoms with Crippen molar-refractivity contribution in [2.75, 3.05) is 19.0 Å². The second-order valence-electron chi connectivity index (χ2n) is 9.04. The van der Waals surface area contributed by atoms with E-state index in [1.54, 1.807) is 35.4 Å². The van der Waals surface area contributed by atoms with Gasteiger partial charge in [0.2, 0.25) is 0 Å². The summed E-state index contributed by atoms with van der Waals surface area (Å²) < 4.78 is 17.5. The van der Waals surface area contributed by atoms with Crippen LogP contribution in [0.1, 0.15) is 16.9 Å². The van der Waals surface area contributed by atoms with E-state index >= 15 is 0 Å². The van der Waals surface area contributed by atoms with Crippen LogP contribution in [0.5, 0.6) is 11.5 Å². The molecule has 5 rings (SSSR count). The van der Waals surface area contributed by atoms with Crippen LogP contribution in [0.4, 0.5) is 11.4 Å². The number of hydrogen-bond donors (Lipinski definition) is 1. The fraction of sp³-hybridized carbons (Fsp3) is 0.129. The molecule has 10 heteroatoms. The molecule has 3 aromatic carbocycles. The summed E-state index contributed by atoms with van der Waals surface area (Å²) in [5.74, 6) is 0.964. The molecule has 0 atom stereocenters. The van der Waals surface area contributed by atoms with Crippen molar-refractivity contribution in [2.24, 2.45) is 4.99 Å². The van der Waals surface area contributed by atoms with Crippen molar-refractivity contribution in [2.45, 2.75) is 13.5 Å². The topological polar surface area (TPSA) is 93.4 Å². The largest absolute Gasteiger partial charge is 0.493 e. The normalized spacial score (nSPS) is 15.0. The highest BCUT2D eigenvalue weighted by Crippen LogP contribution is 2.39. The maximum absolute atomic E-state index is 13.5. The molecule has 41 heavy (non-hydrogen) atoms. The van der Waals surface area contributed by atoms with E-state index in [1.807, 2.05) is 67.6 Å². The number of nitrogens with zero attached hydrogens (tertiary/aromatic N) is 2. The van der Waals surface area contributed by atoms with Crippen LogP contribution in [-0.2, 0) is 16.1 Å². The Morgan fingerprint density at radius 1 is 1.07 bits per heavy atom. The lowest BCUT2D eigenvalue weighted by Crippen LogP contribution is -2.28. The number of ether oxygens (including phenoxy) is 2. The summed E-state index contributed by atoms with van der Waals surface area (Å²) >= 11 is 4.86. The molecule has 1 aliphatic rings. The molecule has 0 unspecified atom stereocenters. The van der Waals surface area contributed by atoms with E-state index < -0.39 is 0 Å². The van der Waals surface area contributed by atoms with Crippen LogP contribution in [0.25, 0.3) is 6.08 Å². The number of aryl methyl sites for hydroxylation is 1. The summed E-state index contributed by atoms with van der Waals surface area (Å²) in [5, 5.41) is 3.36. The van der Waals surface area contributed by atoms with Gasteiger partial charge in [-0.05, 0) is 78.9 Å². The minimum Gasteiger partial charge on any atom is -0.493 e. The standard InChI is InChI=1S/C31H26BrN3O5S/c1-20-10-12-23(13-11-20)33-29(36)19-40-27-17-25(32)21(15-26(27)38-2)16-28-30(37)35(18-24-9-6-14-39-24)31(41-28)34-22-7-4-3-5-8-22/h3-17H,18-19H2,1-2H3,(H,33,36)/b28-16-,34-31?. The molecule has 1 fully saturated rings. The number of benzene rings is 3. The average Bonchev–Trinajstić information content (AvgIpc) is 3.59. The molecule has 0 radical (unpaired) electrons. The van der Waals surface area contributed by atoms with Crippen molar-refractivity contribution in [3.63, 3.8) is 0 Å². The Kier molecular flexibility index (Phi) is 8.91. The van der Waals surface area contributed by atoms with Crippen LogP contribution in [0, 0.1) is 6.92 Å². The molecule has 8 nitrogen and oxygen atoms in total. The van der Waals surface area contributed by atoms with Gasteiger partial charge in [0.25, 0.3) is 11.8 Å². The number of furan rings is 1. The van der Waals surface area contributed by atoms with Gasteiger partial charge in [-0.15, -0.1) is 0 Å². The molecular weight excluding hydrogens is 606 g/mol. The Labute approximate surface area is 250 Å². The summed E-state index contributed by atoms with van der Waals surface area (Å²) in [6.07, 6.45) is 3.35. The summed E-state index contributed by atoms with van der Waals surface area (Å²) in [5.41, 5.74) is 3.23. The Morgan fingerprint density at radius 2 is 1.85 bits per heavy atom. The van der Waals surface area contributed by atoms with Crippen LogP contribution < -0.4 is 14.8 Å². The molecule has 1 N–H and O–H groups in total. The lowest BCUT2D eigenvalue weighted by atomic mass is 10.2. The first-order chi connectivity index (χ1) is 19.9. The minimum absolute atomic E-state index is 0.194. The number of amides is 2. The van der Waals surface area contributed by atoms with Crippen molar-refractivity contribution in [3.8, 4) is 11.5 Å². The molecule has 1 aromatic heterocycles. The van der Waals surface area contributed by atoms with Gasteiger partial charge < -0.3 is 19.2 Å². The van der Waals surface area contributed by atoms with Crippen molar-refractivity contribution < 1.29 is 23.5 Å². The summed E-state index contributed by atoms with van der Waals surface area (Å²) in [6, 6.07) is 24.1. The maximum atomic E-state index is 13.5. The second kappa shape index (κ2) is 12.9. The van der Waals surface area contributed by atoms with E-state index in [0.29, 0.717) is 43.1 Å². The minimum atomic E-state index is -0.298. The number of para-hydroxylation sites is 1. The van der Waals surface area contributed by atoms with E-state index in [2.05, 4.69) is 21.2 Å². The van der Waals surface area contributed by atoms with Gasteiger partial charge in [0.05, 0.1) is 30.5 Å². The monoisotopic (exact) mass is 631 g/mol. The van der Waals surface area contributed by atoms with E-state index in [9.17, 15) is 9.59 Å². The SMILES string of the molecule is COc1cc(/C=C2\SC(=Nc3ccccc3)N(Cc3ccco3)C2=O)c(Br)cc1OCC(=O)Nc1ccc(C)cc1. The first kappa shape index (κ1) is 28.3. The molecular formula is C31H26BrN3O5S. The van der Waals surface area contributed by atoms with Gasteiger partial charge >= 0.3 is 0 Å². The van der Waals surface area contributed by atoms with E-state index in [-0.39, 0.29) is 25.0 Å². The van der Waals surface area contributed by atoms with Gasteiger partial charge in [-0.3, -0.25) is 14.5 Å². The average molecular weight is 633 g/mol. The molecule has 0 aliphatic carbocycles. The van der Waals surface area contributed by atoms with Crippen LogP contribution in [0.15, 0.2) is 104 Å². The van der Waals surface area contributed by atoms with Gasteiger partial charge in [-0.1, -0.05) is 51.8 Å². The smallest absolute Gasteiger partial charge is 0.267 e. The van der Waals surface area contributed by atoms with Gasteiger partial charge in [-0.2, -0.15) is 0 Å². The van der Waals surface area contributed by atoms with Crippen molar-refractivity contribution >= 4 is 62.1 Å². The zero-order valence-corrected chi connectivity index (χ0v) is 24.7. The van der Waals surface area contributed by atoms with Crippen molar-refractivity contribution in [1.82, 2.24) is 4.90 Å². The quantitative estimate of drug-likeness (QED) is 0.197. The molecule has 2 amide bonds. The number of aliphatic imine (C=N–C) groups is 1. The lowest BCUT2D eigenvalue weighted by molar-refractivity contribution is -0.122. The van der Waals surface area contributed by atoms with E-state index in [1.165, 1.54) is 18.9 Å². The number of carbonyl (C=O) groups excluding carboxylic acids is 2. The van der Waals surface area contributed by atoms with Crippen molar-refractivity contribution in [1.29, 1.82) is 0 Å². The van der Waals surface area contributed by atoms with E-state index in [4.69, 9.17) is 18.9 Å². The number of thioether (sulfide) groups is 1. The zero-order valence-electron chi connectivity index (χ0n) is 22.3. The fourth-order valence-corrected chi connectivity index (χ4v) is 5.38. The highest BCUT2D eigenvalue weighted by atomic mass is 79.9. The number of anilines is 1. The Hall–Kier alpha value is -4.28. The number of amidine groups is 1. The molecule has 0 saturated carbocycles. The van der Waals surface area contributed by atoms with Gasteiger partial charge in [0.1, 0.15) is 5.76 Å². The number of halogens is 1. The molecule has 208 valence electrons. The number of methoxy groups -OCH3 is 1. The fourth-order valence-electron chi connectivity index (χ4n) is 3.95. The van der Waals surface area contributed by atoms with E-state index in [0.717, 1.165) is 11.3 Å². The maximum Gasteiger partial charge on any atom is 0.267 e. The van der Waals surface area contributed by atoms with Gasteiger partial charge in [0.15, 0.2) is 23.3 Å². The number of carbonyl (C=O) groups is 2. The molecule has 0 bridgehead atoms. The third-order valence-electron chi connectivity index (χ3n) is 6.03. The van der Waals surface area contributed by atoms with Crippen LogP contribution in [0.3, 0.4) is 0 Å². The predicted molar refractivity (Wildman–Crippen MR) is 164 cm³/mol. The molecule has 4 aromatic rings. The van der Waals surface area contributed by atoms with Crippen LogP contribution >= 0.6 is 27.7 Å². The van der Waals surface area contributed by atoms with Crippen molar-refractivity contribution in [3.05, 3.63) is 111 Å². The third kappa shape index (κ3) is 7.08.